The number of carboxylic acid groups (broad SMARTS) is 1. The fourth-order valence-electron chi connectivity index (χ4n) is 2.22. The molecule has 16 heavy (non-hydrogen) atoms. The van der Waals surface area contributed by atoms with E-state index in [0.29, 0.717) is 19.4 Å². The van der Waals surface area contributed by atoms with E-state index in [0.717, 1.165) is 25.7 Å². The highest BCUT2D eigenvalue weighted by Gasteiger charge is 2.37. The van der Waals surface area contributed by atoms with Gasteiger partial charge in [0.15, 0.2) is 0 Å². The highest BCUT2D eigenvalue weighted by atomic mass is 16.4. The lowest BCUT2D eigenvalue weighted by Crippen LogP contribution is -2.52. The first-order chi connectivity index (χ1) is 7.57. The number of carbonyl (C=O) groups excluding carboxylic acids is 1. The standard InChI is InChI=1S/C11H20N2O3/c12-9(14)5-8-13-11(10(15)16)6-3-1-2-4-7-11/h13H,1-8H2,(H2,12,14)(H,15,16). The number of carbonyl (C=O) groups is 2. The number of amides is 1. The molecule has 0 aromatic carbocycles. The molecule has 0 heterocycles. The van der Waals surface area contributed by atoms with Gasteiger partial charge in [0, 0.05) is 13.0 Å². The topological polar surface area (TPSA) is 92.4 Å². The molecule has 0 radical (unpaired) electrons. The molecule has 1 aliphatic carbocycles. The van der Waals surface area contributed by atoms with Crippen LogP contribution in [0.3, 0.4) is 0 Å². The number of hydrogen-bond acceptors (Lipinski definition) is 3. The third-order valence-electron chi connectivity index (χ3n) is 3.20. The zero-order valence-corrected chi connectivity index (χ0v) is 9.50. The van der Waals surface area contributed by atoms with Crippen LogP contribution in [-0.4, -0.2) is 29.1 Å². The summed E-state index contributed by atoms with van der Waals surface area (Å²) in [5, 5.41) is 12.3. The van der Waals surface area contributed by atoms with Crippen LogP contribution in [0.2, 0.25) is 0 Å². The van der Waals surface area contributed by atoms with Crippen LogP contribution >= 0.6 is 0 Å². The largest absolute Gasteiger partial charge is 0.480 e. The normalized spacial score (nSPS) is 20.0. The quantitative estimate of drug-likeness (QED) is 0.602. The van der Waals surface area contributed by atoms with E-state index < -0.39 is 17.4 Å². The fourth-order valence-corrected chi connectivity index (χ4v) is 2.22. The van der Waals surface area contributed by atoms with Crippen LogP contribution in [0.25, 0.3) is 0 Å². The summed E-state index contributed by atoms with van der Waals surface area (Å²) in [6, 6.07) is 0. The molecule has 1 rings (SSSR count). The molecule has 0 atom stereocenters. The van der Waals surface area contributed by atoms with Gasteiger partial charge in [0.2, 0.25) is 5.91 Å². The minimum Gasteiger partial charge on any atom is -0.480 e. The molecule has 1 amide bonds. The average Bonchev–Trinajstić information content (AvgIpc) is 2.43. The lowest BCUT2D eigenvalue weighted by atomic mass is 9.90. The second-order valence-electron chi connectivity index (χ2n) is 4.44. The number of hydrogen-bond donors (Lipinski definition) is 3. The maximum atomic E-state index is 11.3. The van der Waals surface area contributed by atoms with E-state index in [1.165, 1.54) is 0 Å². The molecule has 0 aromatic heterocycles. The van der Waals surface area contributed by atoms with E-state index in [1.54, 1.807) is 0 Å². The SMILES string of the molecule is NC(=O)CCNC1(C(=O)O)CCCCCC1. The van der Waals surface area contributed by atoms with Crippen molar-refractivity contribution in [2.75, 3.05) is 6.54 Å². The van der Waals surface area contributed by atoms with E-state index >= 15 is 0 Å². The molecule has 1 fully saturated rings. The van der Waals surface area contributed by atoms with Crippen LogP contribution in [0.4, 0.5) is 0 Å². The summed E-state index contributed by atoms with van der Waals surface area (Å²) in [6.45, 7) is 0.349. The van der Waals surface area contributed by atoms with Crippen molar-refractivity contribution in [1.29, 1.82) is 0 Å². The first-order valence-corrected chi connectivity index (χ1v) is 5.83. The summed E-state index contributed by atoms with van der Waals surface area (Å²) < 4.78 is 0. The smallest absolute Gasteiger partial charge is 0.323 e. The van der Waals surface area contributed by atoms with E-state index in [2.05, 4.69) is 5.32 Å². The Morgan fingerprint density at radius 1 is 1.19 bits per heavy atom. The Balaban J connectivity index is 2.56. The molecule has 1 saturated carbocycles. The minimum atomic E-state index is -0.841. The Kier molecular flexibility index (Phi) is 4.73. The van der Waals surface area contributed by atoms with Crippen LogP contribution in [-0.2, 0) is 9.59 Å². The number of carboxylic acids is 1. The van der Waals surface area contributed by atoms with Gasteiger partial charge in [-0.3, -0.25) is 9.59 Å². The summed E-state index contributed by atoms with van der Waals surface area (Å²) >= 11 is 0. The molecule has 0 unspecified atom stereocenters. The maximum Gasteiger partial charge on any atom is 0.323 e. The molecule has 0 aliphatic heterocycles. The average molecular weight is 228 g/mol. The number of nitrogens with two attached hydrogens (primary N) is 1. The van der Waals surface area contributed by atoms with Crippen LogP contribution in [0.1, 0.15) is 44.9 Å². The second-order valence-corrected chi connectivity index (χ2v) is 4.44. The van der Waals surface area contributed by atoms with Gasteiger partial charge in [-0.25, -0.2) is 0 Å². The van der Waals surface area contributed by atoms with Gasteiger partial charge in [-0.15, -0.1) is 0 Å². The third-order valence-corrected chi connectivity index (χ3v) is 3.20. The van der Waals surface area contributed by atoms with E-state index in [-0.39, 0.29) is 6.42 Å². The van der Waals surface area contributed by atoms with Crippen molar-refractivity contribution < 1.29 is 14.7 Å². The summed E-state index contributed by atoms with van der Waals surface area (Å²) in [7, 11) is 0. The zero-order valence-electron chi connectivity index (χ0n) is 9.50. The fraction of sp³-hybridized carbons (Fsp3) is 0.818. The lowest BCUT2D eigenvalue weighted by molar-refractivity contribution is -0.145. The number of rotatable bonds is 5. The summed E-state index contributed by atoms with van der Waals surface area (Å²) in [5.41, 5.74) is 4.19. The van der Waals surface area contributed by atoms with Crippen LogP contribution < -0.4 is 11.1 Å². The van der Waals surface area contributed by atoms with Gasteiger partial charge in [-0.2, -0.15) is 0 Å². The van der Waals surface area contributed by atoms with Crippen molar-refractivity contribution in [2.45, 2.75) is 50.5 Å². The van der Waals surface area contributed by atoms with Gasteiger partial charge in [0.25, 0.3) is 0 Å². The lowest BCUT2D eigenvalue weighted by Gasteiger charge is -2.29. The van der Waals surface area contributed by atoms with E-state index in [9.17, 15) is 14.7 Å². The van der Waals surface area contributed by atoms with Crippen molar-refractivity contribution >= 4 is 11.9 Å². The second kappa shape index (κ2) is 5.84. The molecule has 0 aromatic rings. The molecule has 1 aliphatic rings. The monoisotopic (exact) mass is 228 g/mol. The van der Waals surface area contributed by atoms with Gasteiger partial charge in [0.1, 0.15) is 5.54 Å². The first-order valence-electron chi connectivity index (χ1n) is 5.83. The predicted octanol–water partition coefficient (Wildman–Crippen LogP) is 0.629. The Bertz CT molecular complexity index is 258. The summed E-state index contributed by atoms with van der Waals surface area (Å²) in [4.78, 5) is 21.9. The van der Waals surface area contributed by atoms with Gasteiger partial charge in [0.05, 0.1) is 0 Å². The van der Waals surface area contributed by atoms with Gasteiger partial charge in [-0.1, -0.05) is 25.7 Å². The van der Waals surface area contributed by atoms with Gasteiger partial charge < -0.3 is 16.2 Å². The molecule has 4 N–H and O–H groups in total. The van der Waals surface area contributed by atoms with Crippen molar-refractivity contribution in [1.82, 2.24) is 5.32 Å². The Labute approximate surface area is 95.4 Å². The van der Waals surface area contributed by atoms with Crippen molar-refractivity contribution in [3.8, 4) is 0 Å². The molecule has 0 spiro atoms. The molecular formula is C11H20N2O3. The highest BCUT2D eigenvalue weighted by molar-refractivity contribution is 5.79. The first kappa shape index (κ1) is 13.0. The van der Waals surface area contributed by atoms with Crippen molar-refractivity contribution in [3.05, 3.63) is 0 Å². The molecule has 5 nitrogen and oxygen atoms in total. The van der Waals surface area contributed by atoms with E-state index in [1.807, 2.05) is 0 Å². The zero-order chi connectivity index (χ0) is 12.0. The Morgan fingerprint density at radius 3 is 2.19 bits per heavy atom. The molecule has 0 bridgehead atoms. The van der Waals surface area contributed by atoms with E-state index in [4.69, 9.17) is 5.73 Å². The number of aliphatic carboxylic acids is 1. The summed E-state index contributed by atoms with van der Waals surface area (Å²) in [6.07, 6.45) is 5.50. The Morgan fingerprint density at radius 2 is 1.75 bits per heavy atom. The van der Waals surface area contributed by atoms with Gasteiger partial charge >= 0.3 is 5.97 Å². The Hall–Kier alpha value is -1.10. The number of primary amides is 1. The summed E-state index contributed by atoms with van der Waals surface area (Å²) in [5.74, 6) is -1.21. The molecule has 92 valence electrons. The highest BCUT2D eigenvalue weighted by Crippen LogP contribution is 2.27. The van der Waals surface area contributed by atoms with Crippen LogP contribution in [0, 0.1) is 0 Å². The van der Waals surface area contributed by atoms with Gasteiger partial charge in [-0.05, 0) is 12.8 Å². The van der Waals surface area contributed by atoms with Crippen molar-refractivity contribution in [2.24, 2.45) is 5.73 Å². The minimum absolute atomic E-state index is 0.190. The van der Waals surface area contributed by atoms with Crippen LogP contribution in [0.15, 0.2) is 0 Å². The van der Waals surface area contributed by atoms with Crippen molar-refractivity contribution in [3.63, 3.8) is 0 Å². The maximum absolute atomic E-state index is 11.3. The predicted molar refractivity (Wildman–Crippen MR) is 59.9 cm³/mol. The molecule has 0 saturated heterocycles. The third kappa shape index (κ3) is 3.48. The molecule has 5 heteroatoms. The number of nitrogens with one attached hydrogen (secondary N) is 1. The molecular weight excluding hydrogens is 208 g/mol. The van der Waals surface area contributed by atoms with Crippen LogP contribution in [0.5, 0.6) is 0 Å².